The maximum absolute atomic E-state index is 13.2. The second kappa shape index (κ2) is 5.66. The van der Waals surface area contributed by atoms with Crippen molar-refractivity contribution in [2.45, 2.75) is 19.4 Å². The molecule has 0 saturated heterocycles. The average molecular weight is 246 g/mol. The van der Waals surface area contributed by atoms with Gasteiger partial charge in [0.15, 0.2) is 0 Å². The molecule has 0 fully saturated rings. The molecule has 1 atom stereocenters. The summed E-state index contributed by atoms with van der Waals surface area (Å²) in [7, 11) is 0. The van der Waals surface area contributed by atoms with Crippen LogP contribution in [0.15, 0.2) is 36.7 Å². The largest absolute Gasteiger partial charge is 0.271 e. The number of hydrazine groups is 1. The molecule has 0 spiro atoms. The standard InChI is InChI=1S/C13H15FN4/c1-9-2-3-12(14)6-11(9)7-13(18-15)10-4-5-16-17-8-10/h2-6,8,13,18H,7,15H2,1H3. The van der Waals surface area contributed by atoms with Crippen LogP contribution in [0.4, 0.5) is 4.39 Å². The third kappa shape index (κ3) is 2.88. The Morgan fingerprint density at radius 3 is 2.83 bits per heavy atom. The van der Waals surface area contributed by atoms with Crippen molar-refractivity contribution in [1.29, 1.82) is 0 Å². The Hall–Kier alpha value is -1.85. The molecule has 2 aromatic rings. The van der Waals surface area contributed by atoms with Crippen LogP contribution in [0.25, 0.3) is 0 Å². The lowest BCUT2D eigenvalue weighted by Crippen LogP contribution is -2.29. The molecule has 0 aliphatic heterocycles. The molecule has 1 aromatic carbocycles. The summed E-state index contributed by atoms with van der Waals surface area (Å²) in [4.78, 5) is 0. The molecule has 0 amide bonds. The Labute approximate surface area is 105 Å². The first-order valence-corrected chi connectivity index (χ1v) is 5.68. The van der Waals surface area contributed by atoms with Crippen molar-refractivity contribution < 1.29 is 4.39 Å². The molecule has 94 valence electrons. The quantitative estimate of drug-likeness (QED) is 0.636. The first kappa shape index (κ1) is 12.6. The molecule has 2 rings (SSSR count). The third-order valence-corrected chi connectivity index (χ3v) is 2.95. The van der Waals surface area contributed by atoms with E-state index in [0.29, 0.717) is 6.42 Å². The number of halogens is 1. The fourth-order valence-corrected chi connectivity index (χ4v) is 1.86. The van der Waals surface area contributed by atoms with Gasteiger partial charge in [-0.3, -0.25) is 11.3 Å². The fourth-order valence-electron chi connectivity index (χ4n) is 1.86. The number of nitrogens with one attached hydrogen (secondary N) is 1. The Kier molecular flexibility index (Phi) is 3.96. The van der Waals surface area contributed by atoms with Crippen LogP contribution in [0.1, 0.15) is 22.7 Å². The van der Waals surface area contributed by atoms with Crippen molar-refractivity contribution in [2.75, 3.05) is 0 Å². The first-order chi connectivity index (χ1) is 8.70. The van der Waals surface area contributed by atoms with E-state index in [-0.39, 0.29) is 11.9 Å². The summed E-state index contributed by atoms with van der Waals surface area (Å²) in [5, 5.41) is 7.54. The van der Waals surface area contributed by atoms with Gasteiger partial charge in [0.2, 0.25) is 0 Å². The van der Waals surface area contributed by atoms with Gasteiger partial charge in [-0.05, 0) is 48.2 Å². The van der Waals surface area contributed by atoms with Gasteiger partial charge in [0.25, 0.3) is 0 Å². The number of nitrogens with two attached hydrogens (primary N) is 1. The number of rotatable bonds is 4. The predicted octanol–water partition coefficient (Wildman–Crippen LogP) is 1.67. The van der Waals surface area contributed by atoms with Gasteiger partial charge in [0, 0.05) is 6.20 Å². The van der Waals surface area contributed by atoms with Gasteiger partial charge >= 0.3 is 0 Å². The molecule has 1 aromatic heterocycles. The molecular weight excluding hydrogens is 231 g/mol. The van der Waals surface area contributed by atoms with Crippen LogP contribution in [0.5, 0.6) is 0 Å². The highest BCUT2D eigenvalue weighted by atomic mass is 19.1. The summed E-state index contributed by atoms with van der Waals surface area (Å²) < 4.78 is 13.2. The lowest BCUT2D eigenvalue weighted by molar-refractivity contribution is 0.544. The van der Waals surface area contributed by atoms with Crippen LogP contribution >= 0.6 is 0 Å². The van der Waals surface area contributed by atoms with Crippen LogP contribution < -0.4 is 11.3 Å². The molecule has 5 heteroatoms. The molecule has 3 N–H and O–H groups in total. The molecule has 1 heterocycles. The van der Waals surface area contributed by atoms with Gasteiger partial charge in [-0.1, -0.05) is 6.07 Å². The minimum atomic E-state index is -0.237. The molecule has 0 saturated carbocycles. The van der Waals surface area contributed by atoms with Gasteiger partial charge < -0.3 is 0 Å². The number of benzene rings is 1. The zero-order valence-corrected chi connectivity index (χ0v) is 10.1. The Morgan fingerprint density at radius 2 is 2.17 bits per heavy atom. The SMILES string of the molecule is Cc1ccc(F)cc1CC(NN)c1ccnnc1. The minimum Gasteiger partial charge on any atom is -0.271 e. The summed E-state index contributed by atoms with van der Waals surface area (Å²) in [6.07, 6.45) is 3.86. The second-order valence-electron chi connectivity index (χ2n) is 4.17. The lowest BCUT2D eigenvalue weighted by atomic mass is 9.97. The van der Waals surface area contributed by atoms with Crippen LogP contribution in [0.3, 0.4) is 0 Å². The molecule has 18 heavy (non-hydrogen) atoms. The molecule has 1 unspecified atom stereocenters. The number of hydrogen-bond donors (Lipinski definition) is 2. The highest BCUT2D eigenvalue weighted by Gasteiger charge is 2.12. The van der Waals surface area contributed by atoms with Gasteiger partial charge in [0.05, 0.1) is 12.2 Å². The van der Waals surface area contributed by atoms with E-state index in [1.165, 1.54) is 12.1 Å². The molecule has 0 bridgehead atoms. The number of aromatic nitrogens is 2. The van der Waals surface area contributed by atoms with E-state index < -0.39 is 0 Å². The summed E-state index contributed by atoms with van der Waals surface area (Å²) in [6, 6.07) is 6.49. The predicted molar refractivity (Wildman–Crippen MR) is 66.9 cm³/mol. The highest BCUT2D eigenvalue weighted by molar-refractivity contribution is 5.29. The normalized spacial score (nSPS) is 12.4. The molecule has 0 aliphatic rings. The Morgan fingerprint density at radius 1 is 1.33 bits per heavy atom. The summed E-state index contributed by atoms with van der Waals surface area (Å²) in [5.41, 5.74) is 5.62. The fraction of sp³-hybridized carbons (Fsp3) is 0.231. The van der Waals surface area contributed by atoms with E-state index in [9.17, 15) is 4.39 Å². The van der Waals surface area contributed by atoms with Crippen molar-refractivity contribution in [3.63, 3.8) is 0 Å². The van der Waals surface area contributed by atoms with Gasteiger partial charge in [0.1, 0.15) is 5.82 Å². The van der Waals surface area contributed by atoms with Crippen molar-refractivity contribution in [1.82, 2.24) is 15.6 Å². The number of nitrogens with zero attached hydrogens (tertiary/aromatic N) is 2. The van der Waals surface area contributed by atoms with E-state index in [4.69, 9.17) is 5.84 Å². The van der Waals surface area contributed by atoms with Gasteiger partial charge in [-0.2, -0.15) is 10.2 Å². The van der Waals surface area contributed by atoms with Crippen molar-refractivity contribution >= 4 is 0 Å². The van der Waals surface area contributed by atoms with Crippen molar-refractivity contribution in [3.8, 4) is 0 Å². The molecule has 0 radical (unpaired) electrons. The number of hydrogen-bond acceptors (Lipinski definition) is 4. The van der Waals surface area contributed by atoms with E-state index in [1.54, 1.807) is 18.5 Å². The maximum atomic E-state index is 13.2. The first-order valence-electron chi connectivity index (χ1n) is 5.68. The van der Waals surface area contributed by atoms with E-state index in [1.807, 2.05) is 13.0 Å². The van der Waals surface area contributed by atoms with Crippen molar-refractivity contribution in [3.05, 3.63) is 59.2 Å². The monoisotopic (exact) mass is 246 g/mol. The lowest BCUT2D eigenvalue weighted by Gasteiger charge is -2.17. The van der Waals surface area contributed by atoms with Gasteiger partial charge in [-0.25, -0.2) is 4.39 Å². The molecule has 0 aliphatic carbocycles. The molecular formula is C13H15FN4. The zero-order valence-electron chi connectivity index (χ0n) is 10.1. The second-order valence-corrected chi connectivity index (χ2v) is 4.17. The van der Waals surface area contributed by atoms with Crippen LogP contribution in [0.2, 0.25) is 0 Å². The molecule has 4 nitrogen and oxygen atoms in total. The van der Waals surface area contributed by atoms with Crippen molar-refractivity contribution in [2.24, 2.45) is 5.84 Å². The topological polar surface area (TPSA) is 63.8 Å². The average Bonchev–Trinajstić information content (AvgIpc) is 2.41. The number of aryl methyl sites for hydroxylation is 1. The van der Waals surface area contributed by atoms with Crippen LogP contribution in [0, 0.1) is 12.7 Å². The Bertz CT molecular complexity index is 516. The highest BCUT2D eigenvalue weighted by Crippen LogP contribution is 2.19. The summed E-state index contributed by atoms with van der Waals surface area (Å²) >= 11 is 0. The zero-order chi connectivity index (χ0) is 13.0. The summed E-state index contributed by atoms with van der Waals surface area (Å²) in [5.74, 6) is 5.31. The van der Waals surface area contributed by atoms with E-state index >= 15 is 0 Å². The maximum Gasteiger partial charge on any atom is 0.123 e. The summed E-state index contributed by atoms with van der Waals surface area (Å²) in [6.45, 7) is 1.95. The van der Waals surface area contributed by atoms with Crippen LogP contribution in [-0.4, -0.2) is 10.2 Å². The van der Waals surface area contributed by atoms with E-state index in [0.717, 1.165) is 16.7 Å². The smallest absolute Gasteiger partial charge is 0.123 e. The Balaban J connectivity index is 2.23. The van der Waals surface area contributed by atoms with Crippen LogP contribution in [-0.2, 0) is 6.42 Å². The third-order valence-electron chi connectivity index (χ3n) is 2.95. The minimum absolute atomic E-state index is 0.110. The van der Waals surface area contributed by atoms with Gasteiger partial charge in [-0.15, -0.1) is 0 Å². The van der Waals surface area contributed by atoms with E-state index in [2.05, 4.69) is 15.6 Å².